The molecule has 0 spiro atoms. The highest BCUT2D eigenvalue weighted by Crippen LogP contribution is 2.45. The minimum absolute atomic E-state index is 0.126. The van der Waals surface area contributed by atoms with Gasteiger partial charge in [-0.15, -0.1) is 0 Å². The summed E-state index contributed by atoms with van der Waals surface area (Å²) in [6, 6.07) is 16.4. The molecule has 1 atom stereocenters. The molecule has 1 aromatic heterocycles. The van der Waals surface area contributed by atoms with Crippen molar-refractivity contribution in [1.29, 1.82) is 0 Å². The van der Waals surface area contributed by atoms with Gasteiger partial charge in [0.05, 0.1) is 11.1 Å². The van der Waals surface area contributed by atoms with Crippen molar-refractivity contribution in [3.63, 3.8) is 0 Å². The van der Waals surface area contributed by atoms with E-state index in [9.17, 15) is 4.79 Å². The lowest BCUT2D eigenvalue weighted by atomic mass is 9.65. The Bertz CT molecular complexity index is 1070. The van der Waals surface area contributed by atoms with E-state index in [1.165, 1.54) is 5.56 Å². The van der Waals surface area contributed by atoms with E-state index in [0.717, 1.165) is 50.5 Å². The van der Waals surface area contributed by atoms with Gasteiger partial charge >= 0.3 is 0 Å². The molecular formula is C26H31ClN2O2. The zero-order valence-corrected chi connectivity index (χ0v) is 18.8. The smallest absolute Gasteiger partial charge is 0.255 e. The number of hydrogen-bond donors (Lipinski definition) is 2. The lowest BCUT2D eigenvalue weighted by molar-refractivity contribution is 0.109. The number of H-pyrrole nitrogens is 1. The third kappa shape index (κ3) is 4.81. The predicted molar refractivity (Wildman–Crippen MR) is 128 cm³/mol. The molecule has 4 rings (SSSR count). The zero-order chi connectivity index (χ0) is 21.8. The number of benzene rings is 2. The number of nitrogens with two attached hydrogens (primary N) is 1. The number of aromatic amines is 1. The molecule has 0 saturated heterocycles. The van der Waals surface area contributed by atoms with Gasteiger partial charge in [-0.05, 0) is 85.6 Å². The summed E-state index contributed by atoms with van der Waals surface area (Å²) in [5, 5.41) is 1.91. The number of hydrogen-bond acceptors (Lipinski definition) is 3. The average Bonchev–Trinajstić information content (AvgIpc) is 2.80. The number of ether oxygens (including phenoxy) is 1. The summed E-state index contributed by atoms with van der Waals surface area (Å²) in [7, 11) is 0. The SMILES string of the molecule is CC(CN)CCC1(c2ccccc2)CCC(Oc2cc3cc[nH]c(=O)c3cc2Cl)CC1. The summed E-state index contributed by atoms with van der Waals surface area (Å²) in [4.78, 5) is 14.7. The fourth-order valence-electron chi connectivity index (χ4n) is 4.84. The van der Waals surface area contributed by atoms with E-state index in [1.807, 2.05) is 12.1 Å². The number of nitrogens with one attached hydrogen (secondary N) is 1. The van der Waals surface area contributed by atoms with Gasteiger partial charge in [-0.1, -0.05) is 48.9 Å². The van der Waals surface area contributed by atoms with Gasteiger partial charge in [0.15, 0.2) is 0 Å². The monoisotopic (exact) mass is 438 g/mol. The van der Waals surface area contributed by atoms with Crippen LogP contribution in [0.2, 0.25) is 5.02 Å². The Morgan fingerprint density at radius 1 is 1.19 bits per heavy atom. The summed E-state index contributed by atoms with van der Waals surface area (Å²) in [5.41, 5.74) is 7.37. The molecule has 0 bridgehead atoms. The first-order chi connectivity index (χ1) is 15.0. The van der Waals surface area contributed by atoms with Crippen LogP contribution in [0.4, 0.5) is 0 Å². The highest BCUT2D eigenvalue weighted by atomic mass is 35.5. The van der Waals surface area contributed by atoms with Gasteiger partial charge < -0.3 is 15.5 Å². The summed E-state index contributed by atoms with van der Waals surface area (Å²) in [6.07, 6.45) is 8.21. The van der Waals surface area contributed by atoms with Crippen LogP contribution in [0.5, 0.6) is 5.75 Å². The van der Waals surface area contributed by atoms with Crippen LogP contribution in [-0.2, 0) is 5.41 Å². The topological polar surface area (TPSA) is 68.1 Å². The van der Waals surface area contributed by atoms with Gasteiger partial charge in [0.2, 0.25) is 0 Å². The van der Waals surface area contributed by atoms with Crippen LogP contribution < -0.4 is 16.0 Å². The minimum Gasteiger partial charge on any atom is -0.489 e. The van der Waals surface area contributed by atoms with E-state index in [4.69, 9.17) is 22.1 Å². The molecule has 1 aliphatic carbocycles. The van der Waals surface area contributed by atoms with Crippen LogP contribution in [0.1, 0.15) is 51.0 Å². The molecule has 164 valence electrons. The van der Waals surface area contributed by atoms with Gasteiger partial charge in [-0.3, -0.25) is 4.79 Å². The number of fused-ring (bicyclic) bond motifs is 1. The fraction of sp³-hybridized carbons (Fsp3) is 0.423. The number of aromatic nitrogens is 1. The molecule has 4 nitrogen and oxygen atoms in total. The molecular weight excluding hydrogens is 408 g/mol. The van der Waals surface area contributed by atoms with Gasteiger partial charge in [0.25, 0.3) is 5.56 Å². The van der Waals surface area contributed by atoms with Crippen molar-refractivity contribution in [2.45, 2.75) is 57.0 Å². The number of halogens is 1. The predicted octanol–water partition coefficient (Wildman–Crippen LogP) is 5.82. The van der Waals surface area contributed by atoms with E-state index < -0.39 is 0 Å². The third-order valence-electron chi connectivity index (χ3n) is 6.91. The van der Waals surface area contributed by atoms with Crippen LogP contribution >= 0.6 is 11.6 Å². The first-order valence-corrected chi connectivity index (χ1v) is 11.6. The van der Waals surface area contributed by atoms with Gasteiger partial charge in [0, 0.05) is 11.6 Å². The van der Waals surface area contributed by atoms with Crippen molar-refractivity contribution >= 4 is 22.4 Å². The van der Waals surface area contributed by atoms with E-state index >= 15 is 0 Å². The van der Waals surface area contributed by atoms with E-state index in [1.54, 1.807) is 12.3 Å². The molecule has 0 aliphatic heterocycles. The second kappa shape index (κ2) is 9.46. The molecule has 0 amide bonds. The standard InChI is InChI=1S/C26H31ClN2O2/c1-18(17-28)7-11-26(20-5-3-2-4-6-20)12-8-21(9-13-26)31-24-15-19-10-14-29-25(30)22(19)16-23(24)27/h2-6,10,14-16,18,21H,7-9,11-13,17,28H2,1H3,(H,29,30). The molecule has 3 N–H and O–H groups in total. The van der Waals surface area contributed by atoms with Crippen LogP contribution in [-0.4, -0.2) is 17.6 Å². The normalized spacial score (nSPS) is 22.4. The van der Waals surface area contributed by atoms with Crippen molar-refractivity contribution in [1.82, 2.24) is 4.98 Å². The van der Waals surface area contributed by atoms with Crippen LogP contribution in [0, 0.1) is 5.92 Å². The molecule has 31 heavy (non-hydrogen) atoms. The maximum absolute atomic E-state index is 12.0. The summed E-state index contributed by atoms with van der Waals surface area (Å²) < 4.78 is 6.35. The number of rotatable bonds is 7. The molecule has 1 saturated carbocycles. The summed E-state index contributed by atoms with van der Waals surface area (Å²) in [5.74, 6) is 1.20. The Morgan fingerprint density at radius 3 is 2.65 bits per heavy atom. The Morgan fingerprint density at radius 2 is 1.94 bits per heavy atom. The molecule has 1 fully saturated rings. The van der Waals surface area contributed by atoms with Crippen LogP contribution in [0.25, 0.3) is 10.8 Å². The Balaban J connectivity index is 1.50. The van der Waals surface area contributed by atoms with Gasteiger partial charge in [0.1, 0.15) is 5.75 Å². The van der Waals surface area contributed by atoms with Crippen molar-refractivity contribution in [3.05, 3.63) is 75.7 Å². The molecule has 2 aromatic carbocycles. The maximum atomic E-state index is 12.0. The van der Waals surface area contributed by atoms with E-state index in [-0.39, 0.29) is 17.1 Å². The number of pyridine rings is 1. The van der Waals surface area contributed by atoms with Crippen molar-refractivity contribution in [2.75, 3.05) is 6.54 Å². The molecule has 5 heteroatoms. The molecule has 1 aliphatic rings. The first kappa shape index (κ1) is 21.9. The van der Waals surface area contributed by atoms with Crippen molar-refractivity contribution in [3.8, 4) is 5.75 Å². The third-order valence-corrected chi connectivity index (χ3v) is 7.21. The Kier molecular flexibility index (Phi) is 6.68. The quantitative estimate of drug-likeness (QED) is 0.488. The van der Waals surface area contributed by atoms with Gasteiger partial charge in [-0.2, -0.15) is 0 Å². The molecule has 3 aromatic rings. The van der Waals surface area contributed by atoms with Gasteiger partial charge in [-0.25, -0.2) is 0 Å². The van der Waals surface area contributed by atoms with Crippen LogP contribution in [0.3, 0.4) is 0 Å². The van der Waals surface area contributed by atoms with Crippen molar-refractivity contribution < 1.29 is 4.74 Å². The average molecular weight is 439 g/mol. The second-order valence-corrected chi connectivity index (χ2v) is 9.43. The molecule has 1 unspecified atom stereocenters. The second-order valence-electron chi connectivity index (χ2n) is 9.02. The molecule has 0 radical (unpaired) electrons. The Labute approximate surface area is 188 Å². The zero-order valence-electron chi connectivity index (χ0n) is 18.1. The highest BCUT2D eigenvalue weighted by Gasteiger charge is 2.37. The van der Waals surface area contributed by atoms with E-state index in [0.29, 0.717) is 22.1 Å². The fourth-order valence-corrected chi connectivity index (χ4v) is 5.04. The lowest BCUT2D eigenvalue weighted by Gasteiger charge is -2.41. The largest absolute Gasteiger partial charge is 0.489 e. The summed E-state index contributed by atoms with van der Waals surface area (Å²) >= 11 is 6.46. The summed E-state index contributed by atoms with van der Waals surface area (Å²) in [6.45, 7) is 2.97. The minimum atomic E-state index is -0.136. The van der Waals surface area contributed by atoms with Crippen molar-refractivity contribution in [2.24, 2.45) is 11.7 Å². The van der Waals surface area contributed by atoms with Crippen LogP contribution in [0.15, 0.2) is 59.5 Å². The molecule has 1 heterocycles. The Hall–Kier alpha value is -2.30. The lowest BCUT2D eigenvalue weighted by Crippen LogP contribution is -2.36. The maximum Gasteiger partial charge on any atom is 0.255 e. The van der Waals surface area contributed by atoms with E-state index in [2.05, 4.69) is 42.2 Å². The first-order valence-electron chi connectivity index (χ1n) is 11.2. The highest BCUT2D eigenvalue weighted by molar-refractivity contribution is 6.32.